The van der Waals surface area contributed by atoms with Crippen LogP contribution in [0.3, 0.4) is 0 Å². The van der Waals surface area contributed by atoms with Gasteiger partial charge in [-0.2, -0.15) is 4.37 Å². The number of benzene rings is 2. The van der Waals surface area contributed by atoms with Crippen molar-refractivity contribution in [3.05, 3.63) is 81.4 Å². The molecular formula is C27H25IN2O4S. The number of alkyl halides is 1. The van der Waals surface area contributed by atoms with E-state index in [4.69, 9.17) is 9.47 Å². The Morgan fingerprint density at radius 1 is 1.20 bits per heavy atom. The third-order valence-electron chi connectivity index (χ3n) is 5.74. The number of esters is 1. The van der Waals surface area contributed by atoms with Gasteiger partial charge in [-0.1, -0.05) is 42.3 Å². The molecule has 4 rings (SSSR count). The summed E-state index contributed by atoms with van der Waals surface area (Å²) in [6.07, 6.45) is 1.76. The first kappa shape index (κ1) is 25.2. The Hall–Kier alpha value is -2.90. The Bertz CT molecular complexity index is 1280. The fourth-order valence-electron chi connectivity index (χ4n) is 3.92. The smallest absolute Gasteiger partial charge is 0.413 e. The summed E-state index contributed by atoms with van der Waals surface area (Å²) in [5.41, 5.74) is 5.44. The van der Waals surface area contributed by atoms with Crippen LogP contribution in [-0.4, -0.2) is 23.0 Å². The second kappa shape index (κ2) is 11.7. The monoisotopic (exact) mass is 600 g/mol. The van der Waals surface area contributed by atoms with Gasteiger partial charge in [0.15, 0.2) is 4.11 Å². The molecule has 1 aliphatic carbocycles. The maximum atomic E-state index is 12.5. The molecule has 1 unspecified atom stereocenters. The summed E-state index contributed by atoms with van der Waals surface area (Å²) in [6.45, 7) is 4.07. The molecule has 180 valence electrons. The van der Waals surface area contributed by atoms with E-state index in [2.05, 4.69) is 50.2 Å². The largest absolute Gasteiger partial charge is 0.466 e. The van der Waals surface area contributed by atoms with Gasteiger partial charge in [-0.3, -0.25) is 10.1 Å². The van der Waals surface area contributed by atoms with Crippen LogP contribution in [-0.2, 0) is 27.1 Å². The number of ether oxygens (including phenoxy) is 2. The van der Waals surface area contributed by atoms with Crippen molar-refractivity contribution >= 4 is 51.9 Å². The molecule has 3 aromatic rings. The summed E-state index contributed by atoms with van der Waals surface area (Å²) < 4.78 is 14.6. The van der Waals surface area contributed by atoms with E-state index in [1.807, 2.05) is 56.3 Å². The molecule has 6 nitrogen and oxygen atoms in total. The Balaban J connectivity index is 1.44. The second-order valence-corrected chi connectivity index (χ2v) is 10.1. The molecule has 0 saturated heterocycles. The molecule has 0 spiro atoms. The normalized spacial score (nSPS) is 15.2. The number of rotatable bonds is 5. The number of hydrogen-bond acceptors (Lipinski definition) is 6. The number of carbonyl (C=O) groups is 2. The number of hydrogen-bond donors (Lipinski definition) is 1. The lowest BCUT2D eigenvalue weighted by Gasteiger charge is -2.23. The summed E-state index contributed by atoms with van der Waals surface area (Å²) >= 11 is 3.32. The summed E-state index contributed by atoms with van der Waals surface area (Å²) in [5.74, 6) is 6.16. The Morgan fingerprint density at radius 2 is 2.00 bits per heavy atom. The molecular weight excluding hydrogens is 575 g/mol. The summed E-state index contributed by atoms with van der Waals surface area (Å²) in [6, 6.07) is 15.6. The quantitative estimate of drug-likeness (QED) is 0.163. The van der Waals surface area contributed by atoms with Crippen LogP contribution in [0.1, 0.15) is 50.3 Å². The molecule has 0 fully saturated rings. The molecule has 1 N–H and O–H groups in total. The van der Waals surface area contributed by atoms with E-state index in [1.54, 1.807) is 0 Å². The van der Waals surface area contributed by atoms with Crippen LogP contribution in [0.4, 0.5) is 10.5 Å². The fraction of sp³-hybridized carbons (Fsp3) is 0.296. The van der Waals surface area contributed by atoms with Crippen molar-refractivity contribution in [2.45, 2.75) is 37.2 Å². The van der Waals surface area contributed by atoms with E-state index in [0.29, 0.717) is 29.3 Å². The minimum Gasteiger partial charge on any atom is -0.466 e. The van der Waals surface area contributed by atoms with Crippen molar-refractivity contribution in [1.29, 1.82) is 0 Å². The molecule has 0 bridgehead atoms. The minimum absolute atomic E-state index is 0.0722. The van der Waals surface area contributed by atoms with Crippen molar-refractivity contribution in [1.82, 2.24) is 4.37 Å². The number of fused-ring (bicyclic) bond motifs is 1. The number of aromatic nitrogens is 1. The van der Waals surface area contributed by atoms with Crippen LogP contribution in [0.15, 0.2) is 48.5 Å². The SMILES string of the molecule is CCOC(=O)C1CCc2cc(C#Cc3snc(C)c3NC(=O)O[C@H](I)c3ccccc3)ccc2C1. The number of amides is 1. The van der Waals surface area contributed by atoms with Gasteiger partial charge in [0.05, 0.1) is 23.9 Å². The van der Waals surface area contributed by atoms with Crippen molar-refractivity contribution in [2.24, 2.45) is 5.92 Å². The number of aryl methyl sites for hydroxylation is 2. The Morgan fingerprint density at radius 3 is 2.77 bits per heavy atom. The van der Waals surface area contributed by atoms with Gasteiger partial charge >= 0.3 is 12.1 Å². The highest BCUT2D eigenvalue weighted by molar-refractivity contribution is 14.1. The lowest BCUT2D eigenvalue weighted by molar-refractivity contribution is -0.148. The molecule has 1 aliphatic rings. The maximum absolute atomic E-state index is 12.5. The van der Waals surface area contributed by atoms with E-state index in [0.717, 1.165) is 24.0 Å². The highest BCUT2D eigenvalue weighted by atomic mass is 127. The Kier molecular flexibility index (Phi) is 8.42. The number of nitrogens with one attached hydrogen (secondary N) is 1. The zero-order chi connectivity index (χ0) is 24.8. The van der Waals surface area contributed by atoms with Crippen LogP contribution in [0.5, 0.6) is 0 Å². The lowest BCUT2D eigenvalue weighted by atomic mass is 9.83. The predicted molar refractivity (Wildman–Crippen MR) is 145 cm³/mol. The highest BCUT2D eigenvalue weighted by Gasteiger charge is 2.25. The second-order valence-electron chi connectivity index (χ2n) is 8.15. The van der Waals surface area contributed by atoms with Crippen molar-refractivity contribution < 1.29 is 19.1 Å². The van der Waals surface area contributed by atoms with Gasteiger partial charge in [0.1, 0.15) is 4.88 Å². The summed E-state index contributed by atoms with van der Waals surface area (Å²) in [4.78, 5) is 25.3. The van der Waals surface area contributed by atoms with Crippen LogP contribution >= 0.6 is 34.1 Å². The molecule has 8 heteroatoms. The minimum atomic E-state index is -0.551. The van der Waals surface area contributed by atoms with Crippen LogP contribution in [0, 0.1) is 24.7 Å². The fourth-order valence-corrected chi connectivity index (χ4v) is 5.28. The van der Waals surface area contributed by atoms with Crippen molar-refractivity contribution in [2.75, 3.05) is 11.9 Å². The lowest BCUT2D eigenvalue weighted by Crippen LogP contribution is -2.24. The highest BCUT2D eigenvalue weighted by Crippen LogP contribution is 2.29. The molecule has 0 aliphatic heterocycles. The number of halogens is 1. The standard InChI is InChI=1S/C27H25IN2O4S/c1-3-33-26(31)22-13-12-20-15-18(9-11-21(20)16-22)10-14-23-24(17(2)30-35-23)29-27(32)34-25(28)19-7-5-4-6-8-19/h4-9,11,15,22,25H,3,12-13,16H2,1-2H3,(H,29,32)/t22?,25-/m0/s1. The first-order valence-corrected chi connectivity index (χ1v) is 13.4. The van der Waals surface area contributed by atoms with Gasteiger partial charge in [-0.15, -0.1) is 0 Å². The van der Waals surface area contributed by atoms with E-state index in [-0.39, 0.29) is 11.9 Å². The summed E-state index contributed by atoms with van der Waals surface area (Å²) in [7, 11) is 0. The molecule has 1 aromatic heterocycles. The van der Waals surface area contributed by atoms with Gasteiger partial charge in [0.25, 0.3) is 0 Å². The van der Waals surface area contributed by atoms with Gasteiger partial charge in [-0.25, -0.2) is 4.79 Å². The zero-order valence-corrected chi connectivity index (χ0v) is 22.4. The van der Waals surface area contributed by atoms with Crippen LogP contribution < -0.4 is 5.32 Å². The first-order chi connectivity index (χ1) is 16.9. The maximum Gasteiger partial charge on any atom is 0.413 e. The molecule has 1 amide bonds. The Labute approximate surface area is 222 Å². The van der Waals surface area contributed by atoms with Crippen molar-refractivity contribution in [3.63, 3.8) is 0 Å². The average Bonchev–Trinajstić information content (AvgIpc) is 3.21. The molecule has 0 radical (unpaired) electrons. The molecule has 0 saturated carbocycles. The molecule has 2 aromatic carbocycles. The third kappa shape index (κ3) is 6.41. The van der Waals surface area contributed by atoms with Crippen LogP contribution in [0.25, 0.3) is 0 Å². The third-order valence-corrected chi connectivity index (χ3v) is 7.56. The molecule has 35 heavy (non-hydrogen) atoms. The first-order valence-electron chi connectivity index (χ1n) is 11.4. The predicted octanol–water partition coefficient (Wildman–Crippen LogP) is 6.20. The number of nitrogens with zero attached hydrogens (tertiary/aromatic N) is 1. The van der Waals surface area contributed by atoms with Crippen LogP contribution in [0.2, 0.25) is 0 Å². The molecule has 1 heterocycles. The van der Waals surface area contributed by atoms with E-state index in [1.165, 1.54) is 22.7 Å². The topological polar surface area (TPSA) is 77.5 Å². The van der Waals surface area contributed by atoms with Gasteiger partial charge in [0, 0.05) is 11.1 Å². The van der Waals surface area contributed by atoms with E-state index >= 15 is 0 Å². The van der Waals surface area contributed by atoms with Gasteiger partial charge in [-0.05, 0) is 96.4 Å². The van der Waals surface area contributed by atoms with Gasteiger partial charge in [0.2, 0.25) is 0 Å². The van der Waals surface area contributed by atoms with Gasteiger partial charge < -0.3 is 9.47 Å². The number of carbonyl (C=O) groups excluding carboxylic acids is 2. The van der Waals surface area contributed by atoms with E-state index in [9.17, 15) is 9.59 Å². The zero-order valence-electron chi connectivity index (χ0n) is 19.5. The summed E-state index contributed by atoms with van der Waals surface area (Å²) in [5, 5.41) is 2.81. The molecule has 2 atom stereocenters. The average molecular weight is 600 g/mol. The van der Waals surface area contributed by atoms with Crippen molar-refractivity contribution in [3.8, 4) is 11.8 Å². The number of anilines is 1. The van der Waals surface area contributed by atoms with E-state index < -0.39 is 10.2 Å².